The first-order valence-electron chi connectivity index (χ1n) is 8.61. The molecule has 0 bridgehead atoms. The number of hydrogen-bond donors (Lipinski definition) is 2. The SMILES string of the molecule is CC(C)c1nc2c(c(=O)[nH]1)CCN(Cc1c[nH]c3cc(Br)ccc13)C2. The minimum absolute atomic E-state index is 0.0327. The van der Waals surface area contributed by atoms with Gasteiger partial charge in [-0.05, 0) is 24.1 Å². The summed E-state index contributed by atoms with van der Waals surface area (Å²) in [5.74, 6) is 1.00. The van der Waals surface area contributed by atoms with Crippen molar-refractivity contribution in [2.45, 2.75) is 39.3 Å². The summed E-state index contributed by atoms with van der Waals surface area (Å²) < 4.78 is 1.07. The Labute approximate surface area is 154 Å². The highest BCUT2D eigenvalue weighted by Crippen LogP contribution is 2.25. The molecule has 3 heterocycles. The van der Waals surface area contributed by atoms with Gasteiger partial charge in [0.1, 0.15) is 5.82 Å². The van der Waals surface area contributed by atoms with Gasteiger partial charge in [-0.15, -0.1) is 0 Å². The van der Waals surface area contributed by atoms with Crippen LogP contribution in [0.3, 0.4) is 0 Å². The molecule has 0 radical (unpaired) electrons. The van der Waals surface area contributed by atoms with Crippen LogP contribution in [0.2, 0.25) is 0 Å². The lowest BCUT2D eigenvalue weighted by Crippen LogP contribution is -2.35. The van der Waals surface area contributed by atoms with Gasteiger partial charge in [-0.3, -0.25) is 9.69 Å². The van der Waals surface area contributed by atoms with Crippen LogP contribution in [-0.4, -0.2) is 26.4 Å². The van der Waals surface area contributed by atoms with Crippen LogP contribution in [0.5, 0.6) is 0 Å². The Morgan fingerprint density at radius 1 is 1.36 bits per heavy atom. The predicted molar refractivity (Wildman–Crippen MR) is 103 cm³/mol. The highest BCUT2D eigenvalue weighted by molar-refractivity contribution is 9.10. The monoisotopic (exact) mass is 400 g/mol. The molecule has 3 aromatic rings. The fourth-order valence-electron chi connectivity index (χ4n) is 3.45. The van der Waals surface area contributed by atoms with Gasteiger partial charge in [-0.2, -0.15) is 0 Å². The van der Waals surface area contributed by atoms with Crippen LogP contribution in [0, 0.1) is 0 Å². The fourth-order valence-corrected chi connectivity index (χ4v) is 3.81. The van der Waals surface area contributed by atoms with Gasteiger partial charge in [0.15, 0.2) is 0 Å². The molecule has 1 aromatic carbocycles. The molecule has 0 unspecified atom stereocenters. The van der Waals surface area contributed by atoms with E-state index in [9.17, 15) is 4.79 Å². The summed E-state index contributed by atoms with van der Waals surface area (Å²) in [7, 11) is 0. The van der Waals surface area contributed by atoms with E-state index in [1.54, 1.807) is 0 Å². The van der Waals surface area contributed by atoms with E-state index in [0.717, 1.165) is 53.1 Å². The van der Waals surface area contributed by atoms with E-state index in [4.69, 9.17) is 4.98 Å². The van der Waals surface area contributed by atoms with E-state index >= 15 is 0 Å². The van der Waals surface area contributed by atoms with Crippen molar-refractivity contribution in [2.24, 2.45) is 0 Å². The van der Waals surface area contributed by atoms with Gasteiger partial charge < -0.3 is 9.97 Å². The fraction of sp³-hybridized carbons (Fsp3) is 0.368. The minimum Gasteiger partial charge on any atom is -0.361 e. The van der Waals surface area contributed by atoms with Crippen LogP contribution >= 0.6 is 15.9 Å². The summed E-state index contributed by atoms with van der Waals surface area (Å²) in [6, 6.07) is 6.31. The van der Waals surface area contributed by atoms with E-state index in [2.05, 4.69) is 69.0 Å². The van der Waals surface area contributed by atoms with Gasteiger partial charge in [0.25, 0.3) is 5.56 Å². The summed E-state index contributed by atoms with van der Waals surface area (Å²) >= 11 is 3.51. The number of nitrogens with one attached hydrogen (secondary N) is 2. The van der Waals surface area contributed by atoms with Gasteiger partial charge in [0, 0.05) is 52.7 Å². The third kappa shape index (κ3) is 3.16. The van der Waals surface area contributed by atoms with Crippen LogP contribution in [-0.2, 0) is 19.5 Å². The van der Waals surface area contributed by atoms with Crippen molar-refractivity contribution >= 4 is 26.8 Å². The molecular weight excluding hydrogens is 380 g/mol. The molecule has 0 atom stereocenters. The van der Waals surface area contributed by atoms with E-state index in [0.29, 0.717) is 0 Å². The lowest BCUT2D eigenvalue weighted by molar-refractivity contribution is 0.240. The molecule has 1 aliphatic heterocycles. The van der Waals surface area contributed by atoms with Gasteiger partial charge in [0.05, 0.1) is 5.69 Å². The van der Waals surface area contributed by atoms with Crippen molar-refractivity contribution in [3.63, 3.8) is 0 Å². The first kappa shape index (κ1) is 16.5. The smallest absolute Gasteiger partial charge is 0.254 e. The Morgan fingerprint density at radius 2 is 2.20 bits per heavy atom. The zero-order chi connectivity index (χ0) is 17.6. The van der Waals surface area contributed by atoms with Crippen LogP contribution in [0.15, 0.2) is 33.7 Å². The summed E-state index contributed by atoms with van der Waals surface area (Å²) in [6.07, 6.45) is 2.83. The molecular formula is C19H21BrN4O. The van der Waals surface area contributed by atoms with Crippen LogP contribution in [0.25, 0.3) is 10.9 Å². The number of fused-ring (bicyclic) bond motifs is 2. The molecule has 0 saturated carbocycles. The predicted octanol–water partition coefficient (Wildman–Crippen LogP) is 3.70. The van der Waals surface area contributed by atoms with E-state index < -0.39 is 0 Å². The second kappa shape index (κ2) is 6.42. The van der Waals surface area contributed by atoms with Gasteiger partial charge >= 0.3 is 0 Å². The average Bonchev–Trinajstić information content (AvgIpc) is 2.96. The molecule has 25 heavy (non-hydrogen) atoms. The van der Waals surface area contributed by atoms with Crippen molar-refractivity contribution in [3.8, 4) is 0 Å². The zero-order valence-corrected chi connectivity index (χ0v) is 16.0. The Morgan fingerprint density at radius 3 is 3.00 bits per heavy atom. The maximum Gasteiger partial charge on any atom is 0.254 e. The van der Waals surface area contributed by atoms with Crippen LogP contribution in [0.4, 0.5) is 0 Å². The quantitative estimate of drug-likeness (QED) is 0.704. The molecule has 4 rings (SSSR count). The van der Waals surface area contributed by atoms with Gasteiger partial charge in [-0.25, -0.2) is 4.98 Å². The Kier molecular flexibility index (Phi) is 4.25. The average molecular weight is 401 g/mol. The highest BCUT2D eigenvalue weighted by Gasteiger charge is 2.22. The molecule has 0 saturated heterocycles. The standard InChI is InChI=1S/C19H21BrN4O/c1-11(2)18-22-17-10-24(6-5-15(17)19(25)23-18)9-12-8-21-16-7-13(20)3-4-14(12)16/h3-4,7-8,11,21H,5-6,9-10H2,1-2H3,(H,22,23,25). The topological polar surface area (TPSA) is 64.8 Å². The molecule has 5 nitrogen and oxygen atoms in total. The number of aromatic nitrogens is 3. The van der Waals surface area contributed by atoms with Crippen molar-refractivity contribution in [2.75, 3.05) is 6.54 Å². The number of nitrogens with zero attached hydrogens (tertiary/aromatic N) is 2. The van der Waals surface area contributed by atoms with Crippen molar-refractivity contribution in [1.29, 1.82) is 0 Å². The van der Waals surface area contributed by atoms with Crippen molar-refractivity contribution in [1.82, 2.24) is 19.9 Å². The third-order valence-electron chi connectivity index (χ3n) is 4.84. The second-order valence-corrected chi connectivity index (χ2v) is 7.91. The first-order valence-corrected chi connectivity index (χ1v) is 9.40. The number of aromatic amines is 2. The molecule has 0 amide bonds. The number of H-pyrrole nitrogens is 2. The van der Waals surface area contributed by atoms with Crippen molar-refractivity contribution < 1.29 is 0 Å². The largest absolute Gasteiger partial charge is 0.361 e. The third-order valence-corrected chi connectivity index (χ3v) is 5.33. The van der Waals surface area contributed by atoms with Gasteiger partial charge in [-0.1, -0.05) is 35.8 Å². The highest BCUT2D eigenvalue weighted by atomic mass is 79.9. The minimum atomic E-state index is 0.0327. The lowest BCUT2D eigenvalue weighted by atomic mass is 10.0. The lowest BCUT2D eigenvalue weighted by Gasteiger charge is -2.27. The molecule has 6 heteroatoms. The molecule has 0 aliphatic carbocycles. The van der Waals surface area contributed by atoms with Crippen LogP contribution < -0.4 is 5.56 Å². The Hall–Kier alpha value is -1.92. The van der Waals surface area contributed by atoms with Gasteiger partial charge in [0.2, 0.25) is 0 Å². The number of benzene rings is 1. The van der Waals surface area contributed by atoms with Crippen LogP contribution in [0.1, 0.15) is 42.4 Å². The first-order chi connectivity index (χ1) is 12.0. The summed E-state index contributed by atoms with van der Waals surface area (Å²) in [6.45, 7) is 6.56. The molecule has 0 fully saturated rings. The molecule has 0 spiro atoms. The molecule has 2 aromatic heterocycles. The summed E-state index contributed by atoms with van der Waals surface area (Å²) in [5, 5.41) is 1.25. The number of hydrogen-bond acceptors (Lipinski definition) is 3. The summed E-state index contributed by atoms with van der Waals surface area (Å²) in [4.78, 5) is 25.7. The number of halogens is 1. The normalized spacial score (nSPS) is 15.0. The summed E-state index contributed by atoms with van der Waals surface area (Å²) in [5.41, 5.74) is 4.23. The zero-order valence-electron chi connectivity index (χ0n) is 14.4. The molecule has 2 N–H and O–H groups in total. The maximum atomic E-state index is 12.3. The molecule has 130 valence electrons. The van der Waals surface area contributed by atoms with Crippen molar-refractivity contribution in [3.05, 3.63) is 61.9 Å². The Bertz CT molecular complexity index is 989. The van der Waals surface area contributed by atoms with E-state index in [1.165, 1.54) is 10.9 Å². The second-order valence-electron chi connectivity index (χ2n) is 7.00. The van der Waals surface area contributed by atoms with E-state index in [1.807, 2.05) is 0 Å². The maximum absolute atomic E-state index is 12.3. The molecule has 1 aliphatic rings. The number of rotatable bonds is 3. The Balaban J connectivity index is 1.60. The van der Waals surface area contributed by atoms with E-state index in [-0.39, 0.29) is 11.5 Å².